The van der Waals surface area contributed by atoms with Gasteiger partial charge in [0.25, 0.3) is 5.91 Å². The van der Waals surface area contributed by atoms with Gasteiger partial charge in [-0.05, 0) is 55.0 Å². The van der Waals surface area contributed by atoms with Crippen molar-refractivity contribution in [3.63, 3.8) is 0 Å². The normalized spacial score (nSPS) is 13.8. The second-order valence-electron chi connectivity index (χ2n) is 9.81. The molecule has 10 nitrogen and oxygen atoms in total. The smallest absolute Gasteiger partial charge is 0.255 e. The molecule has 1 fully saturated rings. The standard InChI is InChI=1S/C30H28FN7O3/c1-18-2-7-22(35-30(39)20-3-4-21(24(31)14-20)16-38-10-12-40-13-11-38)15-25(18)41-23-8-5-19(6-9-23)27-26-28(32)33-17-34-29(26)37-36-27/h2-9,14-15,17H,10-13,16H2,1H3,(H,35,39)(H3,32,33,34,36,37). The number of benzene rings is 3. The molecular weight excluding hydrogens is 525 g/mol. The molecule has 0 saturated carbocycles. The number of nitrogens with zero attached hydrogens (tertiary/aromatic N) is 4. The van der Waals surface area contributed by atoms with Crippen LogP contribution in [-0.2, 0) is 11.3 Å². The molecule has 1 aliphatic heterocycles. The van der Waals surface area contributed by atoms with Gasteiger partial charge in [0.15, 0.2) is 5.65 Å². The van der Waals surface area contributed by atoms with E-state index in [1.807, 2.05) is 37.3 Å². The maximum atomic E-state index is 14.8. The summed E-state index contributed by atoms with van der Waals surface area (Å²) in [6.07, 6.45) is 1.37. The van der Waals surface area contributed by atoms with Crippen LogP contribution in [0.1, 0.15) is 21.5 Å². The zero-order chi connectivity index (χ0) is 28.3. The molecule has 0 spiro atoms. The van der Waals surface area contributed by atoms with Gasteiger partial charge in [-0.15, -0.1) is 0 Å². The Bertz CT molecular complexity index is 1720. The second-order valence-corrected chi connectivity index (χ2v) is 9.81. The number of fused-ring (bicyclic) bond motifs is 1. The number of nitrogens with one attached hydrogen (secondary N) is 2. The van der Waals surface area contributed by atoms with Crippen LogP contribution < -0.4 is 15.8 Å². The molecule has 208 valence electrons. The summed E-state index contributed by atoms with van der Waals surface area (Å²) >= 11 is 0. The number of hydrogen-bond donors (Lipinski definition) is 3. The summed E-state index contributed by atoms with van der Waals surface area (Å²) in [5, 5.41) is 10.7. The largest absolute Gasteiger partial charge is 0.457 e. The lowest BCUT2D eigenvalue weighted by molar-refractivity contribution is 0.0337. The number of carbonyl (C=O) groups is 1. The van der Waals surface area contributed by atoms with E-state index in [1.54, 1.807) is 24.3 Å². The molecular formula is C30H28FN7O3. The minimum atomic E-state index is -0.406. The minimum absolute atomic E-state index is 0.240. The van der Waals surface area contributed by atoms with Crippen molar-refractivity contribution in [2.45, 2.75) is 13.5 Å². The van der Waals surface area contributed by atoms with Crippen molar-refractivity contribution in [2.75, 3.05) is 37.4 Å². The number of hydrogen-bond acceptors (Lipinski definition) is 8. The van der Waals surface area contributed by atoms with E-state index in [2.05, 4.69) is 30.4 Å². The number of nitrogen functional groups attached to an aromatic ring is 1. The molecule has 5 aromatic rings. The number of carbonyl (C=O) groups excluding carboxylic acids is 1. The lowest BCUT2D eigenvalue weighted by Gasteiger charge is -2.26. The van der Waals surface area contributed by atoms with Gasteiger partial charge in [0.2, 0.25) is 0 Å². The summed E-state index contributed by atoms with van der Waals surface area (Å²) in [4.78, 5) is 23.2. The third-order valence-electron chi connectivity index (χ3n) is 7.01. The number of aromatic amines is 1. The lowest BCUT2D eigenvalue weighted by atomic mass is 10.1. The molecule has 4 N–H and O–H groups in total. The Morgan fingerprint density at radius 1 is 1.10 bits per heavy atom. The first-order valence-electron chi connectivity index (χ1n) is 13.2. The summed E-state index contributed by atoms with van der Waals surface area (Å²) in [6.45, 7) is 5.20. The highest BCUT2D eigenvalue weighted by Gasteiger charge is 2.16. The van der Waals surface area contributed by atoms with Gasteiger partial charge in [-0.1, -0.05) is 12.1 Å². The van der Waals surface area contributed by atoms with Gasteiger partial charge in [0.05, 0.1) is 24.3 Å². The van der Waals surface area contributed by atoms with Gasteiger partial charge in [-0.25, -0.2) is 14.4 Å². The van der Waals surface area contributed by atoms with Crippen molar-refractivity contribution in [3.8, 4) is 22.8 Å². The summed E-state index contributed by atoms with van der Waals surface area (Å²) in [7, 11) is 0. The van der Waals surface area contributed by atoms with E-state index in [-0.39, 0.29) is 5.56 Å². The Morgan fingerprint density at radius 2 is 1.90 bits per heavy atom. The molecule has 0 unspecified atom stereocenters. The van der Waals surface area contributed by atoms with Crippen LogP contribution in [0.5, 0.6) is 11.5 Å². The van der Waals surface area contributed by atoms with Crippen LogP contribution in [0.25, 0.3) is 22.3 Å². The van der Waals surface area contributed by atoms with Gasteiger partial charge < -0.3 is 20.5 Å². The number of H-pyrrole nitrogens is 1. The van der Waals surface area contributed by atoms with Crippen molar-refractivity contribution < 1.29 is 18.7 Å². The fourth-order valence-electron chi connectivity index (χ4n) is 4.71. The topological polar surface area (TPSA) is 131 Å². The minimum Gasteiger partial charge on any atom is -0.457 e. The number of aryl methyl sites for hydroxylation is 1. The Hall–Kier alpha value is -4.87. The first-order valence-corrected chi connectivity index (χ1v) is 13.2. The zero-order valence-corrected chi connectivity index (χ0v) is 22.4. The zero-order valence-electron chi connectivity index (χ0n) is 22.4. The van der Waals surface area contributed by atoms with Crippen LogP contribution in [0.15, 0.2) is 67.0 Å². The van der Waals surface area contributed by atoms with Crippen molar-refractivity contribution in [2.24, 2.45) is 0 Å². The van der Waals surface area contributed by atoms with Crippen LogP contribution in [0, 0.1) is 12.7 Å². The summed E-state index contributed by atoms with van der Waals surface area (Å²) < 4.78 is 26.3. The van der Waals surface area contributed by atoms with E-state index >= 15 is 0 Å². The fourth-order valence-corrected chi connectivity index (χ4v) is 4.71. The predicted molar refractivity (Wildman–Crippen MR) is 153 cm³/mol. The van der Waals surface area contributed by atoms with Crippen molar-refractivity contribution in [3.05, 3.63) is 89.5 Å². The maximum absolute atomic E-state index is 14.8. The fraction of sp³-hybridized carbons (Fsp3) is 0.200. The van der Waals surface area contributed by atoms with E-state index in [9.17, 15) is 9.18 Å². The number of halogens is 1. The molecule has 41 heavy (non-hydrogen) atoms. The third kappa shape index (κ3) is 5.72. The molecule has 0 radical (unpaired) electrons. The maximum Gasteiger partial charge on any atom is 0.255 e. The number of morpholine rings is 1. The van der Waals surface area contributed by atoms with Crippen LogP contribution in [0.3, 0.4) is 0 Å². The molecule has 3 heterocycles. The highest BCUT2D eigenvalue weighted by Crippen LogP contribution is 2.32. The monoisotopic (exact) mass is 553 g/mol. The molecule has 0 aliphatic carbocycles. The van der Waals surface area contributed by atoms with E-state index < -0.39 is 11.7 Å². The Labute approximate surface area is 235 Å². The molecule has 1 aliphatic rings. The quantitative estimate of drug-likeness (QED) is 0.259. The predicted octanol–water partition coefficient (Wildman–Crippen LogP) is 4.93. The van der Waals surface area contributed by atoms with Crippen LogP contribution in [-0.4, -0.2) is 57.3 Å². The van der Waals surface area contributed by atoms with E-state index in [4.69, 9.17) is 15.2 Å². The Kier molecular flexibility index (Phi) is 7.28. The van der Waals surface area contributed by atoms with Crippen molar-refractivity contribution in [1.82, 2.24) is 25.1 Å². The molecule has 2 aromatic heterocycles. The van der Waals surface area contributed by atoms with Crippen LogP contribution in [0.2, 0.25) is 0 Å². The number of rotatable bonds is 7. The first kappa shape index (κ1) is 26.4. The van der Waals surface area contributed by atoms with Gasteiger partial charge in [0, 0.05) is 48.1 Å². The van der Waals surface area contributed by atoms with Crippen molar-refractivity contribution >= 4 is 28.4 Å². The summed E-state index contributed by atoms with van der Waals surface area (Å²) in [5.74, 6) is 0.716. The van der Waals surface area contributed by atoms with Gasteiger partial charge in [0.1, 0.15) is 29.5 Å². The second kappa shape index (κ2) is 11.3. The number of aromatic nitrogens is 4. The highest BCUT2D eigenvalue weighted by molar-refractivity contribution is 6.04. The Balaban J connectivity index is 1.14. The first-order chi connectivity index (χ1) is 19.9. The molecule has 1 amide bonds. The SMILES string of the molecule is Cc1ccc(NC(=O)c2ccc(CN3CCOCC3)c(F)c2)cc1Oc1ccc(-c2[nH]nc3ncnc(N)c23)cc1. The molecule has 3 aromatic carbocycles. The number of anilines is 2. The van der Waals surface area contributed by atoms with Gasteiger partial charge in [-0.3, -0.25) is 14.8 Å². The van der Waals surface area contributed by atoms with Gasteiger partial charge >= 0.3 is 0 Å². The molecule has 1 saturated heterocycles. The average Bonchev–Trinajstić information content (AvgIpc) is 3.42. The molecule has 11 heteroatoms. The Morgan fingerprint density at radius 3 is 2.68 bits per heavy atom. The van der Waals surface area contributed by atoms with E-state index in [0.29, 0.717) is 59.4 Å². The average molecular weight is 554 g/mol. The number of ether oxygens (including phenoxy) is 2. The van der Waals surface area contributed by atoms with E-state index in [1.165, 1.54) is 12.4 Å². The lowest BCUT2D eigenvalue weighted by Crippen LogP contribution is -2.35. The van der Waals surface area contributed by atoms with Crippen LogP contribution >= 0.6 is 0 Å². The third-order valence-corrected chi connectivity index (χ3v) is 7.01. The van der Waals surface area contributed by atoms with Gasteiger partial charge in [-0.2, -0.15) is 5.10 Å². The molecule has 0 bridgehead atoms. The summed E-state index contributed by atoms with van der Waals surface area (Å²) in [6, 6.07) is 17.4. The summed E-state index contributed by atoms with van der Waals surface area (Å²) in [5.41, 5.74) is 10.3. The molecule has 0 atom stereocenters. The number of nitrogens with two attached hydrogens (primary N) is 1. The molecule has 6 rings (SSSR count). The highest BCUT2D eigenvalue weighted by atomic mass is 19.1. The van der Waals surface area contributed by atoms with Crippen LogP contribution in [0.4, 0.5) is 15.9 Å². The van der Waals surface area contributed by atoms with Crippen molar-refractivity contribution in [1.29, 1.82) is 0 Å². The van der Waals surface area contributed by atoms with E-state index in [0.717, 1.165) is 29.9 Å². The number of amides is 1.